The molecule has 0 fully saturated rings. The van der Waals surface area contributed by atoms with Crippen LogP contribution in [0.25, 0.3) is 0 Å². The third-order valence-corrected chi connectivity index (χ3v) is 3.89. The summed E-state index contributed by atoms with van der Waals surface area (Å²) in [5.74, 6) is 1.23. The molecule has 0 aromatic heterocycles. The maximum atomic E-state index is 8.70. The van der Waals surface area contributed by atoms with E-state index in [1.807, 2.05) is 30.8 Å². The van der Waals surface area contributed by atoms with Crippen molar-refractivity contribution in [1.82, 2.24) is 0 Å². The highest BCUT2D eigenvalue weighted by Crippen LogP contribution is 2.20. The lowest BCUT2D eigenvalue weighted by atomic mass is 10.1. The summed E-state index contributed by atoms with van der Waals surface area (Å²) < 4.78 is 0. The van der Waals surface area contributed by atoms with Gasteiger partial charge in [-0.3, -0.25) is 0 Å². The molecule has 0 saturated carbocycles. The lowest BCUT2D eigenvalue weighted by Gasteiger charge is -2.27. The molecule has 1 unspecified atom stereocenters. The van der Waals surface area contributed by atoms with E-state index < -0.39 is 0 Å². The third-order valence-electron chi connectivity index (χ3n) is 3.07. The molecule has 0 heterocycles. The maximum Gasteiger partial charge on any atom is 0.170 e. The van der Waals surface area contributed by atoms with Gasteiger partial charge in [-0.25, -0.2) is 0 Å². The van der Waals surface area contributed by atoms with E-state index >= 15 is 0 Å². The Morgan fingerprint density at radius 1 is 1.56 bits per heavy atom. The fraction of sp³-hybridized carbons (Fsp3) is 0.462. The number of thioether (sulfide) groups is 1. The lowest BCUT2D eigenvalue weighted by Crippen LogP contribution is -2.31. The summed E-state index contributed by atoms with van der Waals surface area (Å²) in [6.07, 6.45) is 2.11. The number of anilines is 1. The van der Waals surface area contributed by atoms with Crippen molar-refractivity contribution in [2.24, 2.45) is 10.9 Å². The van der Waals surface area contributed by atoms with Crippen molar-refractivity contribution in [1.29, 1.82) is 0 Å². The minimum atomic E-state index is 0.152. The Kier molecular flexibility index (Phi) is 5.34. The van der Waals surface area contributed by atoms with Gasteiger partial charge in [0.15, 0.2) is 5.84 Å². The van der Waals surface area contributed by atoms with Crippen molar-refractivity contribution in [3.8, 4) is 0 Å². The number of hydrogen-bond acceptors (Lipinski definition) is 4. The number of nitrogens with two attached hydrogens (primary N) is 1. The van der Waals surface area contributed by atoms with Crippen LogP contribution in [0.15, 0.2) is 23.4 Å². The maximum absolute atomic E-state index is 8.70. The van der Waals surface area contributed by atoms with Crippen LogP contribution in [0.2, 0.25) is 0 Å². The molecule has 1 atom stereocenters. The van der Waals surface area contributed by atoms with E-state index in [2.05, 4.69) is 36.3 Å². The molecule has 0 radical (unpaired) electrons. The number of aryl methyl sites for hydroxylation is 1. The molecule has 18 heavy (non-hydrogen) atoms. The van der Waals surface area contributed by atoms with Crippen LogP contribution in [0.3, 0.4) is 0 Å². The van der Waals surface area contributed by atoms with E-state index in [-0.39, 0.29) is 5.84 Å². The van der Waals surface area contributed by atoms with Gasteiger partial charge in [0, 0.05) is 30.1 Å². The molecule has 0 spiro atoms. The van der Waals surface area contributed by atoms with Gasteiger partial charge >= 0.3 is 0 Å². The van der Waals surface area contributed by atoms with E-state index in [0.717, 1.165) is 22.6 Å². The lowest BCUT2D eigenvalue weighted by molar-refractivity contribution is 0.318. The highest BCUT2D eigenvalue weighted by Gasteiger charge is 2.11. The van der Waals surface area contributed by atoms with Crippen molar-refractivity contribution in [3.05, 3.63) is 29.3 Å². The van der Waals surface area contributed by atoms with Crippen molar-refractivity contribution < 1.29 is 5.21 Å². The number of hydrogen-bond donors (Lipinski definition) is 2. The molecular formula is C13H21N3OS. The van der Waals surface area contributed by atoms with Gasteiger partial charge in [0.05, 0.1) is 0 Å². The van der Waals surface area contributed by atoms with Gasteiger partial charge in [-0.15, -0.1) is 0 Å². The Balaban J connectivity index is 2.97. The monoisotopic (exact) mass is 267 g/mol. The number of benzene rings is 1. The Morgan fingerprint density at radius 3 is 2.72 bits per heavy atom. The fourth-order valence-corrected chi connectivity index (χ4v) is 2.52. The topological polar surface area (TPSA) is 61.8 Å². The minimum Gasteiger partial charge on any atom is -0.409 e. The second-order valence-electron chi connectivity index (χ2n) is 4.40. The molecule has 1 aromatic rings. The molecule has 3 N–H and O–H groups in total. The highest BCUT2D eigenvalue weighted by molar-refractivity contribution is 7.98. The van der Waals surface area contributed by atoms with Crippen molar-refractivity contribution >= 4 is 23.3 Å². The van der Waals surface area contributed by atoms with Crippen LogP contribution in [0.4, 0.5) is 5.69 Å². The summed E-state index contributed by atoms with van der Waals surface area (Å²) in [5, 5.41) is 11.7. The van der Waals surface area contributed by atoms with Gasteiger partial charge in [0.1, 0.15) is 0 Å². The normalized spacial score (nSPS) is 13.4. The molecule has 0 aliphatic heterocycles. The van der Waals surface area contributed by atoms with Crippen LogP contribution >= 0.6 is 11.8 Å². The SMILES string of the molecule is CSCC(C)N(C)c1ccc(/C(N)=N/O)c(C)c1. The quantitative estimate of drug-likeness (QED) is 0.372. The van der Waals surface area contributed by atoms with Gasteiger partial charge < -0.3 is 15.8 Å². The predicted molar refractivity (Wildman–Crippen MR) is 79.9 cm³/mol. The molecule has 100 valence electrons. The largest absolute Gasteiger partial charge is 0.409 e. The summed E-state index contributed by atoms with van der Waals surface area (Å²) in [7, 11) is 2.08. The molecule has 4 nitrogen and oxygen atoms in total. The molecule has 0 aliphatic rings. The van der Waals surface area contributed by atoms with Gasteiger partial charge in [0.2, 0.25) is 0 Å². The third kappa shape index (κ3) is 3.32. The van der Waals surface area contributed by atoms with Crippen LogP contribution in [0.5, 0.6) is 0 Å². The molecule has 1 aromatic carbocycles. The first-order valence-corrected chi connectivity index (χ1v) is 7.21. The van der Waals surface area contributed by atoms with Crippen LogP contribution in [0.1, 0.15) is 18.1 Å². The molecule has 0 bridgehead atoms. The number of nitrogens with zero attached hydrogens (tertiary/aromatic N) is 2. The number of amidine groups is 1. The Labute approximate surface area is 113 Å². The number of rotatable bonds is 5. The highest BCUT2D eigenvalue weighted by atomic mass is 32.2. The summed E-state index contributed by atoms with van der Waals surface area (Å²) in [4.78, 5) is 2.24. The van der Waals surface area contributed by atoms with E-state index in [9.17, 15) is 0 Å². The van der Waals surface area contributed by atoms with E-state index in [4.69, 9.17) is 10.9 Å². The van der Waals surface area contributed by atoms with Gasteiger partial charge in [0.25, 0.3) is 0 Å². The van der Waals surface area contributed by atoms with Crippen LogP contribution in [-0.4, -0.2) is 36.1 Å². The Bertz CT molecular complexity index is 434. The summed E-state index contributed by atoms with van der Waals surface area (Å²) >= 11 is 1.83. The fourth-order valence-electron chi connectivity index (χ4n) is 1.82. The predicted octanol–water partition coefficient (Wildman–Crippen LogP) is 2.28. The first-order valence-electron chi connectivity index (χ1n) is 5.81. The van der Waals surface area contributed by atoms with E-state index in [0.29, 0.717) is 6.04 Å². The Hall–Kier alpha value is -1.36. The first kappa shape index (κ1) is 14.7. The smallest absolute Gasteiger partial charge is 0.170 e. The minimum absolute atomic E-state index is 0.152. The zero-order valence-corrected chi connectivity index (χ0v) is 12.2. The van der Waals surface area contributed by atoms with E-state index in [1.54, 1.807) is 0 Å². The standard InChI is InChI=1S/C13H21N3OS/c1-9-7-11(16(3)10(2)8-18-4)5-6-12(9)13(14)15-17/h5-7,10,17H,8H2,1-4H3,(H2,14,15). The van der Waals surface area contributed by atoms with Crippen LogP contribution in [-0.2, 0) is 0 Å². The van der Waals surface area contributed by atoms with Gasteiger partial charge in [-0.1, -0.05) is 5.16 Å². The first-order chi connectivity index (χ1) is 8.51. The van der Waals surface area contributed by atoms with Crippen LogP contribution < -0.4 is 10.6 Å². The average molecular weight is 267 g/mol. The number of oxime groups is 1. The zero-order valence-electron chi connectivity index (χ0n) is 11.3. The zero-order chi connectivity index (χ0) is 13.7. The summed E-state index contributed by atoms with van der Waals surface area (Å²) in [6.45, 7) is 4.16. The van der Waals surface area contributed by atoms with E-state index in [1.165, 1.54) is 0 Å². The molecule has 0 aliphatic carbocycles. The molecular weight excluding hydrogens is 246 g/mol. The second-order valence-corrected chi connectivity index (χ2v) is 5.31. The summed E-state index contributed by atoms with van der Waals surface area (Å²) in [5.41, 5.74) is 8.53. The summed E-state index contributed by atoms with van der Waals surface area (Å²) in [6, 6.07) is 6.41. The molecule has 5 heteroatoms. The molecule has 0 amide bonds. The molecule has 1 rings (SSSR count). The second kappa shape index (κ2) is 6.54. The van der Waals surface area contributed by atoms with Crippen molar-refractivity contribution in [2.45, 2.75) is 19.9 Å². The van der Waals surface area contributed by atoms with Gasteiger partial charge in [-0.2, -0.15) is 11.8 Å². The average Bonchev–Trinajstić information content (AvgIpc) is 2.37. The van der Waals surface area contributed by atoms with Crippen molar-refractivity contribution in [2.75, 3.05) is 24.0 Å². The Morgan fingerprint density at radius 2 is 2.22 bits per heavy atom. The molecule has 0 saturated heterocycles. The van der Waals surface area contributed by atoms with Gasteiger partial charge in [-0.05, 0) is 43.9 Å². The van der Waals surface area contributed by atoms with Crippen LogP contribution in [0, 0.1) is 6.92 Å². The van der Waals surface area contributed by atoms with Crippen molar-refractivity contribution in [3.63, 3.8) is 0 Å².